The van der Waals surface area contributed by atoms with Gasteiger partial charge in [-0.25, -0.2) is 4.98 Å². The molecule has 112 valence electrons. The molecule has 0 aliphatic heterocycles. The van der Waals surface area contributed by atoms with Crippen molar-refractivity contribution in [2.45, 2.75) is 31.8 Å². The minimum absolute atomic E-state index is 0.0143. The number of amides is 1. The van der Waals surface area contributed by atoms with Gasteiger partial charge in [-0.1, -0.05) is 18.6 Å². The van der Waals surface area contributed by atoms with E-state index in [-0.39, 0.29) is 17.9 Å². The first-order valence-corrected chi connectivity index (χ1v) is 7.49. The number of benzene rings is 1. The van der Waals surface area contributed by atoms with E-state index < -0.39 is 0 Å². The summed E-state index contributed by atoms with van der Waals surface area (Å²) in [6.45, 7) is 0.521. The second-order valence-electron chi connectivity index (χ2n) is 5.97. The lowest BCUT2D eigenvalue weighted by Gasteiger charge is -2.23. The third-order valence-electron chi connectivity index (χ3n) is 4.52. The van der Waals surface area contributed by atoms with Crippen molar-refractivity contribution in [3.63, 3.8) is 0 Å². The average molecular weight is 286 g/mol. The highest BCUT2D eigenvalue weighted by Gasteiger charge is 2.32. The fourth-order valence-corrected chi connectivity index (χ4v) is 3.21. The number of hydrogen-bond acceptors (Lipinski definition) is 3. The van der Waals surface area contributed by atoms with Crippen molar-refractivity contribution < 1.29 is 4.79 Å². The van der Waals surface area contributed by atoms with Gasteiger partial charge in [0.2, 0.25) is 5.91 Å². The van der Waals surface area contributed by atoms with Gasteiger partial charge in [0.05, 0.1) is 23.5 Å². The predicted octanol–water partition coefficient (Wildman–Crippen LogP) is 1.66. The molecule has 1 aromatic heterocycles. The third kappa shape index (κ3) is 2.53. The summed E-state index contributed by atoms with van der Waals surface area (Å²) >= 11 is 0. The van der Waals surface area contributed by atoms with Crippen molar-refractivity contribution in [3.05, 3.63) is 30.1 Å². The van der Waals surface area contributed by atoms with Crippen molar-refractivity contribution >= 4 is 16.9 Å². The Kier molecular flexibility index (Phi) is 3.68. The fraction of sp³-hybridized carbons (Fsp3) is 0.500. The summed E-state index contributed by atoms with van der Waals surface area (Å²) < 4.78 is 2.05. The molecule has 0 bridgehead atoms. The summed E-state index contributed by atoms with van der Waals surface area (Å²) in [4.78, 5) is 18.9. The van der Waals surface area contributed by atoms with Crippen LogP contribution in [0.3, 0.4) is 0 Å². The third-order valence-corrected chi connectivity index (χ3v) is 4.52. The number of para-hydroxylation sites is 2. The summed E-state index contributed by atoms with van der Waals surface area (Å²) in [5, 5.41) is 0. The van der Waals surface area contributed by atoms with E-state index in [1.165, 1.54) is 0 Å². The summed E-state index contributed by atoms with van der Waals surface area (Å²) in [5.41, 5.74) is 8.09. The van der Waals surface area contributed by atoms with E-state index in [2.05, 4.69) is 4.98 Å². The van der Waals surface area contributed by atoms with Crippen LogP contribution in [0.1, 0.15) is 25.1 Å². The van der Waals surface area contributed by atoms with Crippen molar-refractivity contribution in [1.29, 1.82) is 0 Å². The second kappa shape index (κ2) is 5.48. The van der Waals surface area contributed by atoms with Crippen LogP contribution in [0.25, 0.3) is 11.0 Å². The first-order valence-electron chi connectivity index (χ1n) is 7.49. The zero-order valence-electron chi connectivity index (χ0n) is 12.6. The molecule has 2 aromatic rings. The van der Waals surface area contributed by atoms with Gasteiger partial charge in [-0.05, 0) is 25.0 Å². The summed E-state index contributed by atoms with van der Waals surface area (Å²) in [7, 11) is 3.83. The van der Waals surface area contributed by atoms with Gasteiger partial charge in [0.1, 0.15) is 5.82 Å². The maximum Gasteiger partial charge on any atom is 0.227 e. The highest BCUT2D eigenvalue weighted by molar-refractivity contribution is 5.80. The molecule has 1 heterocycles. The van der Waals surface area contributed by atoms with Crippen LogP contribution in [0.5, 0.6) is 0 Å². The lowest BCUT2D eigenvalue weighted by Crippen LogP contribution is -2.39. The van der Waals surface area contributed by atoms with Crippen molar-refractivity contribution in [3.8, 4) is 0 Å². The number of aromatic nitrogens is 2. The van der Waals surface area contributed by atoms with Gasteiger partial charge in [-0.2, -0.15) is 0 Å². The highest BCUT2D eigenvalue weighted by atomic mass is 16.2. The van der Waals surface area contributed by atoms with Crippen LogP contribution in [0.2, 0.25) is 0 Å². The molecule has 5 nitrogen and oxygen atoms in total. The molecule has 1 aliphatic rings. The molecule has 2 atom stereocenters. The Hall–Kier alpha value is -1.88. The van der Waals surface area contributed by atoms with Gasteiger partial charge < -0.3 is 15.2 Å². The van der Waals surface area contributed by atoms with Gasteiger partial charge in [0, 0.05) is 20.1 Å². The number of nitrogens with zero attached hydrogens (tertiary/aromatic N) is 3. The molecule has 21 heavy (non-hydrogen) atoms. The number of carbonyl (C=O) groups is 1. The zero-order chi connectivity index (χ0) is 15.0. The first kappa shape index (κ1) is 14.1. The predicted molar refractivity (Wildman–Crippen MR) is 82.5 cm³/mol. The minimum Gasteiger partial charge on any atom is -0.338 e. The van der Waals surface area contributed by atoms with Crippen LogP contribution in [-0.2, 0) is 18.4 Å². The summed E-state index contributed by atoms with van der Waals surface area (Å²) in [6.07, 6.45) is 2.92. The normalized spacial score (nSPS) is 21.9. The van der Waals surface area contributed by atoms with Crippen LogP contribution in [0, 0.1) is 5.92 Å². The van der Waals surface area contributed by atoms with Crippen LogP contribution in [-0.4, -0.2) is 33.4 Å². The molecule has 0 unspecified atom stereocenters. The van der Waals surface area contributed by atoms with Gasteiger partial charge in [0.15, 0.2) is 0 Å². The molecule has 0 spiro atoms. The van der Waals surface area contributed by atoms with E-state index in [1.54, 1.807) is 4.90 Å². The number of carbonyl (C=O) groups excluding carboxylic acids is 1. The largest absolute Gasteiger partial charge is 0.338 e. The fourth-order valence-electron chi connectivity index (χ4n) is 3.21. The highest BCUT2D eigenvalue weighted by Crippen LogP contribution is 2.26. The Morgan fingerprint density at radius 1 is 1.43 bits per heavy atom. The number of nitrogens with two attached hydrogens (primary N) is 1. The molecule has 5 heteroatoms. The molecule has 3 rings (SSSR count). The van der Waals surface area contributed by atoms with Gasteiger partial charge >= 0.3 is 0 Å². The van der Waals surface area contributed by atoms with Gasteiger partial charge in [-0.3, -0.25) is 4.79 Å². The van der Waals surface area contributed by atoms with Crippen molar-refractivity contribution in [2.75, 3.05) is 7.05 Å². The van der Waals surface area contributed by atoms with Crippen LogP contribution >= 0.6 is 0 Å². The minimum atomic E-state index is -0.0234. The number of fused-ring (bicyclic) bond motifs is 1. The lowest BCUT2D eigenvalue weighted by molar-refractivity contribution is -0.135. The summed E-state index contributed by atoms with van der Waals surface area (Å²) in [6, 6.07) is 8.03. The Bertz CT molecular complexity index is 663. The maximum atomic E-state index is 12.5. The topological polar surface area (TPSA) is 64.2 Å². The van der Waals surface area contributed by atoms with Gasteiger partial charge in [-0.15, -0.1) is 0 Å². The molecule has 1 saturated carbocycles. The quantitative estimate of drug-likeness (QED) is 0.933. The molecule has 1 aliphatic carbocycles. The average Bonchev–Trinajstić information content (AvgIpc) is 3.03. The zero-order valence-corrected chi connectivity index (χ0v) is 12.6. The Labute approximate surface area is 124 Å². The molecular formula is C16H22N4O. The van der Waals surface area contributed by atoms with Crippen LogP contribution < -0.4 is 5.73 Å². The molecule has 2 N–H and O–H groups in total. The van der Waals surface area contributed by atoms with E-state index in [0.717, 1.165) is 36.1 Å². The number of rotatable bonds is 3. The molecule has 0 saturated heterocycles. The van der Waals surface area contributed by atoms with E-state index >= 15 is 0 Å². The second-order valence-corrected chi connectivity index (χ2v) is 5.97. The molecule has 1 aromatic carbocycles. The number of aryl methyl sites for hydroxylation is 1. The van der Waals surface area contributed by atoms with E-state index in [1.807, 2.05) is 42.9 Å². The Morgan fingerprint density at radius 2 is 2.19 bits per heavy atom. The summed E-state index contributed by atoms with van der Waals surface area (Å²) in [5.74, 6) is 1.02. The lowest BCUT2D eigenvalue weighted by atomic mass is 10.0. The monoisotopic (exact) mass is 286 g/mol. The molecule has 1 amide bonds. The van der Waals surface area contributed by atoms with Crippen molar-refractivity contribution in [2.24, 2.45) is 18.7 Å². The van der Waals surface area contributed by atoms with Crippen LogP contribution in [0.15, 0.2) is 24.3 Å². The molecule has 0 radical (unpaired) electrons. The van der Waals surface area contributed by atoms with Gasteiger partial charge in [0.25, 0.3) is 0 Å². The van der Waals surface area contributed by atoms with Crippen LogP contribution in [0.4, 0.5) is 0 Å². The standard InChI is InChI=1S/C16H22N4O/c1-19(16(21)11-6-5-7-12(11)17)10-15-18-13-8-3-4-9-14(13)20(15)2/h3-4,8-9,11-12H,5-7,10,17H2,1-2H3/t11-,12+/m0/s1. The van der Waals surface area contributed by atoms with E-state index in [9.17, 15) is 4.79 Å². The first-order chi connectivity index (χ1) is 10.1. The smallest absolute Gasteiger partial charge is 0.227 e. The number of hydrogen-bond donors (Lipinski definition) is 1. The maximum absolute atomic E-state index is 12.5. The van der Waals surface area contributed by atoms with E-state index in [4.69, 9.17) is 5.73 Å². The Morgan fingerprint density at radius 3 is 2.86 bits per heavy atom. The SMILES string of the molecule is CN(Cc1nc2ccccc2n1C)C(=O)[C@H]1CCC[C@H]1N. The van der Waals surface area contributed by atoms with E-state index in [0.29, 0.717) is 6.54 Å². The number of imidazole rings is 1. The molecular weight excluding hydrogens is 264 g/mol. The molecule has 1 fully saturated rings. The Balaban J connectivity index is 1.78. The van der Waals surface area contributed by atoms with Crippen molar-refractivity contribution in [1.82, 2.24) is 14.5 Å².